The Labute approximate surface area is 153 Å². The number of rotatable bonds is 5. The second-order valence-corrected chi connectivity index (χ2v) is 7.19. The average molecular weight is 375 g/mol. The van der Waals surface area contributed by atoms with Gasteiger partial charge in [-0.2, -0.15) is 0 Å². The van der Waals surface area contributed by atoms with Crippen LogP contribution in [0.3, 0.4) is 0 Å². The SMILES string of the molecule is C[C@H](NC(=O)c1csc(-c2ccccc2Cl)n1)c1nnnn1C1CC1. The van der Waals surface area contributed by atoms with Crippen LogP contribution in [0, 0.1) is 0 Å². The van der Waals surface area contributed by atoms with E-state index in [0.29, 0.717) is 27.6 Å². The Morgan fingerprint density at radius 3 is 2.96 bits per heavy atom. The Kier molecular flexibility index (Phi) is 4.22. The van der Waals surface area contributed by atoms with E-state index in [1.165, 1.54) is 11.3 Å². The number of nitrogens with one attached hydrogen (secondary N) is 1. The van der Waals surface area contributed by atoms with Crippen LogP contribution in [0.5, 0.6) is 0 Å². The first kappa shape index (κ1) is 16.2. The summed E-state index contributed by atoms with van der Waals surface area (Å²) in [4.78, 5) is 16.9. The van der Waals surface area contributed by atoms with E-state index < -0.39 is 0 Å². The Morgan fingerprint density at radius 2 is 2.20 bits per heavy atom. The zero-order valence-corrected chi connectivity index (χ0v) is 15.0. The van der Waals surface area contributed by atoms with Crippen LogP contribution in [-0.4, -0.2) is 31.1 Å². The molecule has 4 rings (SSSR count). The smallest absolute Gasteiger partial charge is 0.271 e. The Hall–Kier alpha value is -2.32. The molecule has 3 aromatic rings. The van der Waals surface area contributed by atoms with E-state index in [2.05, 4.69) is 25.8 Å². The molecule has 0 unspecified atom stereocenters. The van der Waals surface area contributed by atoms with Crippen LogP contribution in [0.2, 0.25) is 5.02 Å². The molecule has 2 heterocycles. The van der Waals surface area contributed by atoms with E-state index in [1.54, 1.807) is 16.1 Å². The Bertz CT molecular complexity index is 919. The van der Waals surface area contributed by atoms with Crippen molar-refractivity contribution in [3.8, 4) is 10.6 Å². The topological polar surface area (TPSA) is 85.6 Å². The van der Waals surface area contributed by atoms with Crippen LogP contribution >= 0.6 is 22.9 Å². The average Bonchev–Trinajstić information content (AvgIpc) is 3.12. The molecule has 1 fully saturated rings. The molecule has 1 aliphatic rings. The first-order valence-corrected chi connectivity index (χ1v) is 9.18. The van der Waals surface area contributed by atoms with E-state index in [1.807, 2.05) is 25.1 Å². The first-order valence-electron chi connectivity index (χ1n) is 7.92. The molecule has 128 valence electrons. The molecule has 1 atom stereocenters. The fourth-order valence-corrected chi connectivity index (χ4v) is 3.66. The summed E-state index contributed by atoms with van der Waals surface area (Å²) in [6.45, 7) is 1.86. The van der Waals surface area contributed by atoms with Gasteiger partial charge >= 0.3 is 0 Å². The van der Waals surface area contributed by atoms with Crippen molar-refractivity contribution < 1.29 is 4.79 Å². The summed E-state index contributed by atoms with van der Waals surface area (Å²) in [6, 6.07) is 7.50. The van der Waals surface area contributed by atoms with Gasteiger partial charge in [0.2, 0.25) is 0 Å². The van der Waals surface area contributed by atoms with Gasteiger partial charge in [0.25, 0.3) is 5.91 Å². The number of nitrogens with zero attached hydrogens (tertiary/aromatic N) is 5. The summed E-state index contributed by atoms with van der Waals surface area (Å²) >= 11 is 7.58. The van der Waals surface area contributed by atoms with E-state index in [4.69, 9.17) is 11.6 Å². The highest BCUT2D eigenvalue weighted by molar-refractivity contribution is 7.13. The number of benzene rings is 1. The van der Waals surface area contributed by atoms with Crippen molar-refractivity contribution in [2.24, 2.45) is 0 Å². The van der Waals surface area contributed by atoms with Gasteiger partial charge in [-0.15, -0.1) is 16.4 Å². The highest BCUT2D eigenvalue weighted by Gasteiger charge is 2.30. The third-order valence-electron chi connectivity index (χ3n) is 3.99. The molecule has 9 heteroatoms. The third-order valence-corrected chi connectivity index (χ3v) is 5.19. The largest absolute Gasteiger partial charge is 0.341 e. The van der Waals surface area contributed by atoms with Crippen LogP contribution in [-0.2, 0) is 0 Å². The maximum absolute atomic E-state index is 12.5. The molecule has 1 aromatic carbocycles. The normalized spacial score (nSPS) is 15.1. The maximum atomic E-state index is 12.5. The quantitative estimate of drug-likeness (QED) is 0.740. The predicted molar refractivity (Wildman–Crippen MR) is 94.5 cm³/mol. The van der Waals surface area contributed by atoms with Gasteiger partial charge in [-0.05, 0) is 36.3 Å². The molecule has 1 aliphatic carbocycles. The van der Waals surface area contributed by atoms with E-state index in [-0.39, 0.29) is 11.9 Å². The van der Waals surface area contributed by atoms with Crippen molar-refractivity contribution in [3.63, 3.8) is 0 Å². The second kappa shape index (κ2) is 6.53. The van der Waals surface area contributed by atoms with Gasteiger partial charge in [-0.25, -0.2) is 9.67 Å². The summed E-state index contributed by atoms with van der Waals surface area (Å²) in [5.74, 6) is 0.407. The zero-order valence-electron chi connectivity index (χ0n) is 13.4. The predicted octanol–water partition coefficient (Wildman–Crippen LogP) is 3.28. The van der Waals surface area contributed by atoms with E-state index in [0.717, 1.165) is 18.4 Å². The molecular formula is C16H15ClN6OS. The fraction of sp³-hybridized carbons (Fsp3) is 0.312. The molecule has 25 heavy (non-hydrogen) atoms. The van der Waals surface area contributed by atoms with Crippen LogP contribution in [0.25, 0.3) is 10.6 Å². The molecule has 1 N–H and O–H groups in total. The van der Waals surface area contributed by atoms with Crippen molar-refractivity contribution in [1.29, 1.82) is 0 Å². The highest BCUT2D eigenvalue weighted by atomic mass is 35.5. The fourth-order valence-electron chi connectivity index (χ4n) is 2.54. The lowest BCUT2D eigenvalue weighted by molar-refractivity contribution is 0.0933. The highest BCUT2D eigenvalue weighted by Crippen LogP contribution is 2.35. The van der Waals surface area contributed by atoms with E-state index >= 15 is 0 Å². The molecular weight excluding hydrogens is 360 g/mol. The summed E-state index contributed by atoms with van der Waals surface area (Å²) in [5.41, 5.74) is 1.18. The minimum Gasteiger partial charge on any atom is -0.341 e. The van der Waals surface area contributed by atoms with Crippen molar-refractivity contribution in [1.82, 2.24) is 30.5 Å². The van der Waals surface area contributed by atoms with Gasteiger partial charge in [0.05, 0.1) is 17.1 Å². The van der Waals surface area contributed by atoms with Crippen LogP contribution in [0.15, 0.2) is 29.6 Å². The summed E-state index contributed by atoms with van der Waals surface area (Å²) in [7, 11) is 0. The lowest BCUT2D eigenvalue weighted by atomic mass is 10.2. The van der Waals surface area contributed by atoms with Crippen LogP contribution in [0.4, 0.5) is 0 Å². The lowest BCUT2D eigenvalue weighted by Gasteiger charge is -2.12. The van der Waals surface area contributed by atoms with Gasteiger partial charge in [0.15, 0.2) is 5.82 Å². The third kappa shape index (κ3) is 3.27. The number of carbonyl (C=O) groups is 1. The number of halogens is 1. The zero-order chi connectivity index (χ0) is 17.4. The van der Waals surface area contributed by atoms with Gasteiger partial charge in [0.1, 0.15) is 10.7 Å². The minimum absolute atomic E-state index is 0.257. The lowest BCUT2D eigenvalue weighted by Crippen LogP contribution is -2.29. The van der Waals surface area contributed by atoms with Crippen molar-refractivity contribution >= 4 is 28.8 Å². The number of amides is 1. The standard InChI is InChI=1S/C16H15ClN6OS/c1-9(14-20-21-22-23(14)10-6-7-10)18-15(24)13-8-25-16(19-13)11-4-2-3-5-12(11)17/h2-5,8-10H,6-7H2,1H3,(H,18,24)/t9-/m0/s1. The molecule has 0 radical (unpaired) electrons. The molecule has 0 aliphatic heterocycles. The minimum atomic E-state index is -0.298. The number of carbonyl (C=O) groups excluding carboxylic acids is 1. The Morgan fingerprint density at radius 1 is 1.40 bits per heavy atom. The van der Waals surface area contributed by atoms with Crippen molar-refractivity contribution in [2.75, 3.05) is 0 Å². The molecule has 0 bridgehead atoms. The number of thiazole rings is 1. The molecule has 0 saturated heterocycles. The van der Waals surface area contributed by atoms with Gasteiger partial charge in [-0.3, -0.25) is 4.79 Å². The molecule has 1 amide bonds. The van der Waals surface area contributed by atoms with Crippen LogP contribution in [0.1, 0.15) is 48.2 Å². The number of tetrazole rings is 1. The number of hydrogen-bond acceptors (Lipinski definition) is 6. The van der Waals surface area contributed by atoms with Gasteiger partial charge in [0, 0.05) is 10.9 Å². The molecule has 0 spiro atoms. The number of aromatic nitrogens is 5. The van der Waals surface area contributed by atoms with E-state index in [9.17, 15) is 4.79 Å². The second-order valence-electron chi connectivity index (χ2n) is 5.93. The van der Waals surface area contributed by atoms with Gasteiger partial charge < -0.3 is 5.32 Å². The van der Waals surface area contributed by atoms with Crippen LogP contribution < -0.4 is 5.32 Å². The summed E-state index contributed by atoms with van der Waals surface area (Å²) in [5, 5.41) is 17.7. The summed E-state index contributed by atoms with van der Waals surface area (Å²) in [6.07, 6.45) is 2.15. The number of hydrogen-bond donors (Lipinski definition) is 1. The summed E-state index contributed by atoms with van der Waals surface area (Å²) < 4.78 is 1.79. The Balaban J connectivity index is 1.50. The monoisotopic (exact) mass is 374 g/mol. The maximum Gasteiger partial charge on any atom is 0.271 e. The molecule has 2 aromatic heterocycles. The van der Waals surface area contributed by atoms with Gasteiger partial charge in [-0.1, -0.05) is 29.8 Å². The molecule has 1 saturated carbocycles. The first-order chi connectivity index (χ1) is 12.1. The van der Waals surface area contributed by atoms with Crippen molar-refractivity contribution in [3.05, 3.63) is 46.2 Å². The van der Waals surface area contributed by atoms with Crippen molar-refractivity contribution in [2.45, 2.75) is 31.8 Å². The molecule has 7 nitrogen and oxygen atoms in total.